The van der Waals surface area contributed by atoms with E-state index in [2.05, 4.69) is 20.6 Å². The molecule has 25 heavy (non-hydrogen) atoms. The third kappa shape index (κ3) is 2.45. The highest BCUT2D eigenvalue weighted by atomic mass is 35.5. The first kappa shape index (κ1) is 15.6. The zero-order valence-electron chi connectivity index (χ0n) is 13.1. The second-order valence-electron chi connectivity index (χ2n) is 6.02. The van der Waals surface area contributed by atoms with Crippen LogP contribution >= 0.6 is 11.6 Å². The Kier molecular flexibility index (Phi) is 3.50. The zero-order chi connectivity index (χ0) is 17.6. The van der Waals surface area contributed by atoms with Crippen molar-refractivity contribution in [3.05, 3.63) is 51.7 Å². The molecule has 1 aliphatic carbocycles. The van der Waals surface area contributed by atoms with Gasteiger partial charge in [0.15, 0.2) is 0 Å². The molecule has 1 unspecified atom stereocenters. The number of fused-ring (bicyclic) bond motifs is 2. The molecule has 128 valence electrons. The van der Waals surface area contributed by atoms with E-state index in [0.717, 1.165) is 12.8 Å². The fourth-order valence-electron chi connectivity index (χ4n) is 3.30. The molecule has 2 aliphatic rings. The number of carbonyl (C=O) groups excluding carboxylic acids is 1. The molecule has 0 radical (unpaired) electrons. The molecule has 0 saturated heterocycles. The van der Waals surface area contributed by atoms with E-state index in [1.165, 1.54) is 23.0 Å². The van der Waals surface area contributed by atoms with Crippen LogP contribution in [0.25, 0.3) is 0 Å². The van der Waals surface area contributed by atoms with Crippen molar-refractivity contribution >= 4 is 34.8 Å². The van der Waals surface area contributed by atoms with Crippen molar-refractivity contribution in [2.75, 3.05) is 11.1 Å². The molecule has 0 bridgehead atoms. The molecule has 8 nitrogen and oxygen atoms in total. The number of pyridine rings is 1. The zero-order valence-corrected chi connectivity index (χ0v) is 13.9. The number of anilines is 3. The van der Waals surface area contributed by atoms with Crippen molar-refractivity contribution in [1.82, 2.24) is 19.9 Å². The number of carbonyl (C=O) groups is 1. The first-order valence-corrected chi connectivity index (χ1v) is 8.19. The monoisotopic (exact) mass is 358 g/mol. The quantitative estimate of drug-likeness (QED) is 0.704. The standard InChI is InChI=1S/C16H15ClN6O2/c17-9-6-10(21-12-7-11(18)19-8-20-12)15(25)23-13(9)14(24)22-16(23)4-2-1-3-5-16/h2,4,6-8H,1,3,5H2,(H,22,24)(H3,18,19,20,21). The number of halogens is 1. The van der Waals surface area contributed by atoms with Crippen molar-refractivity contribution in [1.29, 1.82) is 0 Å². The Bertz CT molecular complexity index is 970. The molecule has 9 heteroatoms. The van der Waals surface area contributed by atoms with Crippen molar-refractivity contribution < 1.29 is 4.79 Å². The summed E-state index contributed by atoms with van der Waals surface area (Å²) in [5.74, 6) is 0.284. The molecular formula is C16H15ClN6O2. The maximum Gasteiger partial charge on any atom is 0.277 e. The van der Waals surface area contributed by atoms with Crippen molar-refractivity contribution in [3.8, 4) is 0 Å². The third-order valence-corrected chi connectivity index (χ3v) is 4.66. The van der Waals surface area contributed by atoms with Crippen LogP contribution in [0.15, 0.2) is 35.4 Å². The summed E-state index contributed by atoms with van der Waals surface area (Å²) in [5, 5.41) is 6.00. The Labute approximate surface area is 147 Å². The molecule has 4 rings (SSSR count). The second kappa shape index (κ2) is 5.59. The first-order valence-electron chi connectivity index (χ1n) is 7.81. The Morgan fingerprint density at radius 1 is 1.32 bits per heavy atom. The molecule has 1 atom stereocenters. The topological polar surface area (TPSA) is 115 Å². The predicted octanol–water partition coefficient (Wildman–Crippen LogP) is 1.75. The minimum absolute atomic E-state index is 0.172. The van der Waals surface area contributed by atoms with E-state index in [9.17, 15) is 9.59 Å². The minimum Gasteiger partial charge on any atom is -0.384 e. The van der Waals surface area contributed by atoms with Crippen molar-refractivity contribution in [2.45, 2.75) is 24.9 Å². The molecule has 2 aromatic rings. The number of hydrogen-bond acceptors (Lipinski definition) is 6. The lowest BCUT2D eigenvalue weighted by atomic mass is 9.96. The van der Waals surface area contributed by atoms with Crippen LogP contribution < -0.4 is 21.9 Å². The number of nitrogens with one attached hydrogen (secondary N) is 2. The van der Waals surface area contributed by atoms with Gasteiger partial charge >= 0.3 is 0 Å². The average molecular weight is 359 g/mol. The number of amides is 1. The molecule has 4 N–H and O–H groups in total. The fraction of sp³-hybridized carbons (Fsp3) is 0.250. The maximum atomic E-state index is 13.1. The van der Waals surface area contributed by atoms with Gasteiger partial charge in [0, 0.05) is 6.07 Å². The second-order valence-corrected chi connectivity index (χ2v) is 6.43. The largest absolute Gasteiger partial charge is 0.384 e. The van der Waals surface area contributed by atoms with E-state index in [1.54, 1.807) is 0 Å². The van der Waals surface area contributed by atoms with Crippen molar-refractivity contribution in [3.63, 3.8) is 0 Å². The number of nitrogens with two attached hydrogens (primary N) is 1. The van der Waals surface area contributed by atoms with E-state index in [4.69, 9.17) is 17.3 Å². The third-order valence-electron chi connectivity index (χ3n) is 4.37. The van der Waals surface area contributed by atoms with Gasteiger partial charge in [-0.15, -0.1) is 0 Å². The lowest BCUT2D eigenvalue weighted by Gasteiger charge is -2.31. The highest BCUT2D eigenvalue weighted by Gasteiger charge is 2.43. The highest BCUT2D eigenvalue weighted by Crippen LogP contribution is 2.35. The summed E-state index contributed by atoms with van der Waals surface area (Å²) >= 11 is 6.30. The Morgan fingerprint density at radius 3 is 2.88 bits per heavy atom. The van der Waals surface area contributed by atoms with Crippen LogP contribution in [0, 0.1) is 0 Å². The van der Waals surface area contributed by atoms with Gasteiger partial charge in [0.25, 0.3) is 11.5 Å². The van der Waals surface area contributed by atoms with Gasteiger partial charge < -0.3 is 16.4 Å². The SMILES string of the molecule is Nc1cc(Nc2cc(Cl)c3n(c2=O)C2(C=CCCC2)NC3=O)ncn1. The lowest BCUT2D eigenvalue weighted by Crippen LogP contribution is -2.46. The van der Waals surface area contributed by atoms with E-state index in [1.807, 2.05) is 12.2 Å². The molecule has 0 aromatic carbocycles. The number of allylic oxidation sites excluding steroid dienone is 1. The van der Waals surface area contributed by atoms with Gasteiger partial charge in [-0.25, -0.2) is 9.97 Å². The summed E-state index contributed by atoms with van der Waals surface area (Å²) < 4.78 is 1.43. The van der Waals surface area contributed by atoms with E-state index in [0.29, 0.717) is 12.2 Å². The number of hydrogen-bond donors (Lipinski definition) is 3. The van der Waals surface area contributed by atoms with Gasteiger partial charge in [-0.3, -0.25) is 14.2 Å². The number of rotatable bonds is 2. The molecule has 1 aliphatic heterocycles. The Morgan fingerprint density at radius 2 is 2.16 bits per heavy atom. The molecule has 2 aromatic heterocycles. The van der Waals surface area contributed by atoms with Gasteiger partial charge in [-0.05, 0) is 31.4 Å². The number of nitrogens with zero attached hydrogens (tertiary/aromatic N) is 3. The molecule has 3 heterocycles. The summed E-state index contributed by atoms with van der Waals surface area (Å²) in [7, 11) is 0. The van der Waals surface area contributed by atoms with Crippen molar-refractivity contribution in [2.24, 2.45) is 0 Å². The van der Waals surface area contributed by atoms with Gasteiger partial charge in [0.2, 0.25) is 0 Å². The molecule has 1 spiro atoms. The van der Waals surface area contributed by atoms with Gasteiger partial charge in [-0.2, -0.15) is 0 Å². The summed E-state index contributed by atoms with van der Waals surface area (Å²) in [6.07, 6.45) is 7.51. The summed E-state index contributed by atoms with van der Waals surface area (Å²) in [5.41, 5.74) is 4.79. The van der Waals surface area contributed by atoms with Gasteiger partial charge in [0.1, 0.15) is 35.0 Å². The summed E-state index contributed by atoms with van der Waals surface area (Å²) in [4.78, 5) is 33.3. The van der Waals surface area contributed by atoms with E-state index >= 15 is 0 Å². The molecule has 0 fully saturated rings. The fourth-order valence-corrected chi connectivity index (χ4v) is 3.58. The van der Waals surface area contributed by atoms with Crippen LogP contribution in [0.1, 0.15) is 29.8 Å². The maximum absolute atomic E-state index is 13.1. The van der Waals surface area contributed by atoms with Crippen LogP contribution in [0.3, 0.4) is 0 Å². The lowest BCUT2D eigenvalue weighted by molar-refractivity contribution is 0.0932. The first-order chi connectivity index (χ1) is 12.0. The van der Waals surface area contributed by atoms with Crippen LogP contribution in [-0.2, 0) is 5.66 Å². The Hall–Kier alpha value is -2.87. The number of nitrogen functional groups attached to an aromatic ring is 1. The molecule has 0 saturated carbocycles. The number of aromatic nitrogens is 3. The van der Waals surface area contributed by atoms with Crippen LogP contribution in [0.5, 0.6) is 0 Å². The summed E-state index contributed by atoms with van der Waals surface area (Å²) in [6, 6.07) is 2.93. The smallest absolute Gasteiger partial charge is 0.277 e. The highest BCUT2D eigenvalue weighted by molar-refractivity contribution is 6.34. The van der Waals surface area contributed by atoms with Gasteiger partial charge in [-0.1, -0.05) is 17.7 Å². The van der Waals surface area contributed by atoms with Crippen LogP contribution in [0.4, 0.5) is 17.3 Å². The molecule has 1 amide bonds. The van der Waals surface area contributed by atoms with Crippen LogP contribution in [-0.4, -0.2) is 20.4 Å². The average Bonchev–Trinajstić information content (AvgIpc) is 2.85. The predicted molar refractivity (Wildman–Crippen MR) is 93.9 cm³/mol. The van der Waals surface area contributed by atoms with Crippen LogP contribution in [0.2, 0.25) is 5.02 Å². The van der Waals surface area contributed by atoms with E-state index < -0.39 is 5.66 Å². The molecular weight excluding hydrogens is 344 g/mol. The normalized spacial score (nSPS) is 21.2. The van der Waals surface area contributed by atoms with E-state index in [-0.39, 0.29) is 33.7 Å². The Balaban J connectivity index is 1.87. The summed E-state index contributed by atoms with van der Waals surface area (Å²) in [6.45, 7) is 0. The van der Waals surface area contributed by atoms with Gasteiger partial charge in [0.05, 0.1) is 5.02 Å². The minimum atomic E-state index is -0.867.